The molecule has 1 atom stereocenters. The Bertz CT molecular complexity index is 1050. The van der Waals surface area contributed by atoms with Gasteiger partial charge >= 0.3 is 0 Å². The number of carbonyl (C=O) groups excluding carboxylic acids is 2. The Labute approximate surface area is 183 Å². The van der Waals surface area contributed by atoms with E-state index in [1.807, 2.05) is 13.8 Å². The molecule has 0 aliphatic heterocycles. The molecule has 0 saturated heterocycles. The van der Waals surface area contributed by atoms with Gasteiger partial charge < -0.3 is 15.4 Å². The van der Waals surface area contributed by atoms with Crippen LogP contribution in [0.2, 0.25) is 0 Å². The Morgan fingerprint density at radius 2 is 1.61 bits per heavy atom. The van der Waals surface area contributed by atoms with Gasteiger partial charge in [0.2, 0.25) is 0 Å². The van der Waals surface area contributed by atoms with Crippen LogP contribution in [0.4, 0.5) is 5.69 Å². The number of hydrogen-bond acceptors (Lipinski definition) is 5. The Balaban J connectivity index is 2.40. The quantitative estimate of drug-likeness (QED) is 0.546. The van der Waals surface area contributed by atoms with Crippen molar-refractivity contribution in [1.82, 2.24) is 10.6 Å². The van der Waals surface area contributed by atoms with Crippen LogP contribution < -0.4 is 20.1 Å². The van der Waals surface area contributed by atoms with E-state index < -0.39 is 15.9 Å². The number of carbonyl (C=O) groups is 2. The number of methoxy groups -OCH3 is 1. The summed E-state index contributed by atoms with van der Waals surface area (Å²) in [5.74, 6) is -0.568. The Hall–Kier alpha value is -3.07. The number of para-hydroxylation sites is 1. The van der Waals surface area contributed by atoms with Crippen molar-refractivity contribution < 1.29 is 22.7 Å². The number of sulfonamides is 1. The van der Waals surface area contributed by atoms with Gasteiger partial charge in [0.1, 0.15) is 5.75 Å². The maximum absolute atomic E-state index is 13.0. The minimum Gasteiger partial charge on any atom is -0.496 e. The number of rotatable bonds is 9. The first kappa shape index (κ1) is 24.2. The van der Waals surface area contributed by atoms with Crippen LogP contribution in [0.5, 0.6) is 5.75 Å². The molecule has 2 aromatic rings. The van der Waals surface area contributed by atoms with Crippen LogP contribution in [0.1, 0.15) is 54.8 Å². The van der Waals surface area contributed by atoms with Gasteiger partial charge in [0.15, 0.2) is 0 Å². The second kappa shape index (κ2) is 10.3. The smallest absolute Gasteiger partial charge is 0.261 e. The van der Waals surface area contributed by atoms with Crippen LogP contribution in [0.15, 0.2) is 47.4 Å². The van der Waals surface area contributed by atoms with Crippen molar-refractivity contribution in [2.45, 2.75) is 51.1 Å². The van der Waals surface area contributed by atoms with Gasteiger partial charge in [-0.2, -0.15) is 0 Å². The number of amides is 2. The summed E-state index contributed by atoms with van der Waals surface area (Å²) in [6, 6.07) is 10.2. The molecule has 31 heavy (non-hydrogen) atoms. The summed E-state index contributed by atoms with van der Waals surface area (Å²) in [5, 5.41) is 5.55. The lowest BCUT2D eigenvalue weighted by molar-refractivity contribution is 0.0931. The van der Waals surface area contributed by atoms with E-state index in [0.717, 1.165) is 6.42 Å². The molecule has 2 amide bonds. The average Bonchev–Trinajstić information content (AvgIpc) is 2.72. The summed E-state index contributed by atoms with van der Waals surface area (Å²) in [7, 11) is -2.68. The van der Waals surface area contributed by atoms with Crippen LogP contribution in [0.25, 0.3) is 0 Å². The van der Waals surface area contributed by atoms with Crippen LogP contribution in [-0.2, 0) is 10.0 Å². The number of benzene rings is 2. The van der Waals surface area contributed by atoms with Crippen LogP contribution in [0.3, 0.4) is 0 Å². The summed E-state index contributed by atoms with van der Waals surface area (Å²) in [6.45, 7) is 7.41. The molecule has 0 bridgehead atoms. The minimum atomic E-state index is -4.08. The highest BCUT2D eigenvalue weighted by Gasteiger charge is 2.22. The van der Waals surface area contributed by atoms with E-state index in [9.17, 15) is 18.0 Å². The molecule has 0 fully saturated rings. The highest BCUT2D eigenvalue weighted by Crippen LogP contribution is 2.25. The Morgan fingerprint density at radius 3 is 2.23 bits per heavy atom. The molecule has 8 nitrogen and oxygen atoms in total. The highest BCUT2D eigenvalue weighted by molar-refractivity contribution is 7.92. The van der Waals surface area contributed by atoms with E-state index in [2.05, 4.69) is 15.4 Å². The van der Waals surface area contributed by atoms with Crippen LogP contribution in [-0.4, -0.2) is 39.4 Å². The molecular formula is C22H29N3O5S. The molecule has 0 aliphatic rings. The lowest BCUT2D eigenvalue weighted by atomic mass is 10.1. The summed E-state index contributed by atoms with van der Waals surface area (Å²) < 4.78 is 33.7. The van der Waals surface area contributed by atoms with E-state index in [-0.39, 0.29) is 45.5 Å². The lowest BCUT2D eigenvalue weighted by Gasteiger charge is -2.16. The van der Waals surface area contributed by atoms with Crippen LogP contribution >= 0.6 is 0 Å². The van der Waals surface area contributed by atoms with E-state index in [4.69, 9.17) is 4.74 Å². The van der Waals surface area contributed by atoms with Crippen molar-refractivity contribution in [1.29, 1.82) is 0 Å². The van der Waals surface area contributed by atoms with Crippen LogP contribution in [0, 0.1) is 0 Å². The van der Waals surface area contributed by atoms with Gasteiger partial charge in [0.25, 0.3) is 21.8 Å². The fraction of sp³-hybridized carbons (Fsp3) is 0.364. The zero-order chi connectivity index (χ0) is 23.2. The molecule has 0 spiro atoms. The molecule has 1 unspecified atom stereocenters. The zero-order valence-electron chi connectivity index (χ0n) is 18.4. The highest BCUT2D eigenvalue weighted by atomic mass is 32.2. The first-order valence-electron chi connectivity index (χ1n) is 10.0. The number of nitrogens with one attached hydrogen (secondary N) is 3. The van der Waals surface area contributed by atoms with Crippen molar-refractivity contribution in [3.63, 3.8) is 0 Å². The van der Waals surface area contributed by atoms with Crippen molar-refractivity contribution in [2.75, 3.05) is 11.8 Å². The van der Waals surface area contributed by atoms with Gasteiger partial charge in [-0.3, -0.25) is 14.3 Å². The molecule has 0 aromatic heterocycles. The van der Waals surface area contributed by atoms with Crippen molar-refractivity contribution in [2.24, 2.45) is 0 Å². The lowest BCUT2D eigenvalue weighted by Crippen LogP contribution is -2.32. The summed E-state index contributed by atoms with van der Waals surface area (Å²) in [4.78, 5) is 24.9. The van der Waals surface area contributed by atoms with Gasteiger partial charge in [0.05, 0.1) is 28.8 Å². The van der Waals surface area contributed by atoms with Gasteiger partial charge in [-0.15, -0.1) is 0 Å². The first-order chi connectivity index (χ1) is 14.6. The summed E-state index contributed by atoms with van der Waals surface area (Å²) in [6.07, 6.45) is 0.743. The van der Waals surface area contributed by atoms with Gasteiger partial charge in [0, 0.05) is 12.1 Å². The largest absolute Gasteiger partial charge is 0.496 e. The van der Waals surface area contributed by atoms with Crippen molar-refractivity contribution >= 4 is 27.5 Å². The fourth-order valence-corrected chi connectivity index (χ4v) is 3.85. The number of anilines is 1. The van der Waals surface area contributed by atoms with Gasteiger partial charge in [-0.05, 0) is 57.5 Å². The minimum absolute atomic E-state index is 0.0548. The Morgan fingerprint density at radius 1 is 0.968 bits per heavy atom. The second-order valence-electron chi connectivity index (χ2n) is 7.42. The van der Waals surface area contributed by atoms with E-state index in [1.54, 1.807) is 32.0 Å². The number of ether oxygens (including phenoxy) is 1. The Kier molecular flexibility index (Phi) is 8.04. The maximum atomic E-state index is 13.0. The molecule has 9 heteroatoms. The molecule has 2 rings (SSSR count). The third-order valence-corrected chi connectivity index (χ3v) is 5.91. The van der Waals surface area contributed by atoms with Crippen molar-refractivity contribution in [3.05, 3.63) is 53.6 Å². The van der Waals surface area contributed by atoms with Crippen molar-refractivity contribution in [3.8, 4) is 5.75 Å². The molecule has 0 heterocycles. The summed E-state index contributed by atoms with van der Waals surface area (Å²) >= 11 is 0. The summed E-state index contributed by atoms with van der Waals surface area (Å²) in [5.41, 5.74) is 0.451. The molecule has 2 aromatic carbocycles. The zero-order valence-corrected chi connectivity index (χ0v) is 19.2. The predicted octanol–water partition coefficient (Wildman–Crippen LogP) is 3.16. The monoisotopic (exact) mass is 447 g/mol. The van der Waals surface area contributed by atoms with E-state index in [0.29, 0.717) is 0 Å². The molecular weight excluding hydrogens is 418 g/mol. The number of hydrogen-bond donors (Lipinski definition) is 3. The first-order valence-corrected chi connectivity index (χ1v) is 11.5. The molecule has 168 valence electrons. The SMILES string of the molecule is CCC(C)NC(=O)c1ccccc1NS(=O)(=O)c1ccc(OC)c(C(=O)NC(C)C)c1. The van der Waals surface area contributed by atoms with Gasteiger partial charge in [-0.1, -0.05) is 19.1 Å². The molecule has 3 N–H and O–H groups in total. The molecule has 0 radical (unpaired) electrons. The van der Waals surface area contributed by atoms with Gasteiger partial charge in [-0.25, -0.2) is 8.42 Å². The second-order valence-corrected chi connectivity index (χ2v) is 9.11. The maximum Gasteiger partial charge on any atom is 0.261 e. The third kappa shape index (κ3) is 6.21. The third-order valence-electron chi connectivity index (χ3n) is 4.55. The van der Waals surface area contributed by atoms with E-state index >= 15 is 0 Å². The fourth-order valence-electron chi connectivity index (χ4n) is 2.75. The standard InChI is InChI=1S/C22H29N3O5S/c1-6-15(4)24-21(26)17-9-7-8-10-19(17)25-31(28,29)16-11-12-20(30-5)18(13-16)22(27)23-14(2)3/h7-15,25H,6H2,1-5H3,(H,23,27)(H,24,26). The predicted molar refractivity (Wildman–Crippen MR) is 120 cm³/mol. The molecule has 0 saturated carbocycles. The normalized spacial score (nSPS) is 12.2. The topological polar surface area (TPSA) is 114 Å². The molecule has 0 aliphatic carbocycles. The van der Waals surface area contributed by atoms with E-state index in [1.165, 1.54) is 31.4 Å². The average molecular weight is 448 g/mol.